The number of nitrogens with zero attached hydrogens (tertiary/aromatic N) is 1. The molecule has 1 N–H and O–H groups in total. The maximum Gasteiger partial charge on any atom is 0.123 e. The molecule has 0 aliphatic carbocycles. The van der Waals surface area contributed by atoms with Crippen molar-refractivity contribution in [3.05, 3.63) is 40.9 Å². The molecule has 0 atom stereocenters. The summed E-state index contributed by atoms with van der Waals surface area (Å²) in [6, 6.07) is 8.67. The Hall–Kier alpha value is -1.19. The number of aliphatic hydroxyl groups excluding tert-OH is 1. The number of hydrogen-bond acceptors (Lipinski definition) is 3. The van der Waals surface area contributed by atoms with E-state index in [9.17, 15) is 0 Å². The lowest BCUT2D eigenvalue weighted by Crippen LogP contribution is -2.10. The lowest BCUT2D eigenvalue weighted by Gasteiger charge is -2.18. The molecule has 2 nitrogen and oxygen atoms in total. The van der Waals surface area contributed by atoms with Crippen molar-refractivity contribution in [2.75, 3.05) is 6.61 Å². The molecule has 102 valence electrons. The second kappa shape index (κ2) is 5.85. The Balaban J connectivity index is 2.16. The quantitative estimate of drug-likeness (QED) is 0.913. The fourth-order valence-electron chi connectivity index (χ4n) is 1.93. The largest absolute Gasteiger partial charge is 0.396 e. The minimum absolute atomic E-state index is 0.188. The standard InChI is InChI=1S/C16H21NOS/c1-16(2,3)13-8-6-12(7-9-13)15-17-14(11-19-15)5-4-10-18/h6-9,11,18H,4-5,10H2,1-3H3. The topological polar surface area (TPSA) is 33.1 Å². The van der Waals surface area contributed by atoms with Gasteiger partial charge >= 0.3 is 0 Å². The molecule has 3 heteroatoms. The molecule has 0 saturated carbocycles. The van der Waals surface area contributed by atoms with Crippen molar-refractivity contribution in [2.45, 2.75) is 39.0 Å². The highest BCUT2D eigenvalue weighted by Gasteiger charge is 2.13. The van der Waals surface area contributed by atoms with Crippen LogP contribution in [-0.2, 0) is 11.8 Å². The van der Waals surface area contributed by atoms with Gasteiger partial charge in [0.25, 0.3) is 0 Å². The summed E-state index contributed by atoms with van der Waals surface area (Å²) in [7, 11) is 0. The third kappa shape index (κ3) is 3.64. The van der Waals surface area contributed by atoms with Gasteiger partial charge in [-0.3, -0.25) is 0 Å². The summed E-state index contributed by atoms with van der Waals surface area (Å²) >= 11 is 1.67. The number of aryl methyl sites for hydroxylation is 1. The molecule has 0 amide bonds. The van der Waals surface area contributed by atoms with Crippen LogP contribution >= 0.6 is 11.3 Å². The molecule has 2 rings (SSSR count). The Bertz CT molecular complexity index is 522. The first-order chi connectivity index (χ1) is 9.00. The molecule has 1 aromatic heterocycles. The predicted octanol–water partition coefficient (Wildman–Crippen LogP) is 4.03. The van der Waals surface area contributed by atoms with Crippen molar-refractivity contribution in [1.29, 1.82) is 0 Å². The molecular weight excluding hydrogens is 254 g/mol. The van der Waals surface area contributed by atoms with Crippen LogP contribution in [0.15, 0.2) is 29.6 Å². The van der Waals surface area contributed by atoms with E-state index in [4.69, 9.17) is 5.11 Å². The summed E-state index contributed by atoms with van der Waals surface area (Å²) in [6.07, 6.45) is 1.64. The molecule has 0 radical (unpaired) electrons. The fraction of sp³-hybridized carbons (Fsp3) is 0.438. The Morgan fingerprint density at radius 1 is 1.16 bits per heavy atom. The van der Waals surface area contributed by atoms with Gasteiger partial charge in [0, 0.05) is 17.6 Å². The zero-order valence-corrected chi connectivity index (χ0v) is 12.6. The first-order valence-electron chi connectivity index (χ1n) is 6.67. The lowest BCUT2D eigenvalue weighted by atomic mass is 9.87. The van der Waals surface area contributed by atoms with Gasteiger partial charge in [0.1, 0.15) is 5.01 Å². The van der Waals surface area contributed by atoms with E-state index in [2.05, 4.69) is 55.4 Å². The van der Waals surface area contributed by atoms with Crippen molar-refractivity contribution in [1.82, 2.24) is 4.98 Å². The summed E-state index contributed by atoms with van der Waals surface area (Å²) in [5.41, 5.74) is 3.78. The molecular formula is C16H21NOS. The first-order valence-corrected chi connectivity index (χ1v) is 7.55. The third-order valence-electron chi connectivity index (χ3n) is 3.14. The molecule has 0 aliphatic rings. The van der Waals surface area contributed by atoms with Crippen LogP contribution in [0.4, 0.5) is 0 Å². The van der Waals surface area contributed by atoms with E-state index < -0.39 is 0 Å². The zero-order valence-electron chi connectivity index (χ0n) is 11.8. The maximum atomic E-state index is 8.83. The molecule has 1 heterocycles. The van der Waals surface area contributed by atoms with Crippen LogP contribution in [0.1, 0.15) is 38.4 Å². The molecule has 0 spiro atoms. The van der Waals surface area contributed by atoms with Crippen molar-refractivity contribution < 1.29 is 5.11 Å². The van der Waals surface area contributed by atoms with E-state index in [0.717, 1.165) is 23.5 Å². The average Bonchev–Trinajstić information content (AvgIpc) is 2.84. The van der Waals surface area contributed by atoms with Gasteiger partial charge in [0.2, 0.25) is 0 Å². The average molecular weight is 275 g/mol. The molecule has 0 aliphatic heterocycles. The van der Waals surface area contributed by atoms with E-state index >= 15 is 0 Å². The lowest BCUT2D eigenvalue weighted by molar-refractivity contribution is 0.288. The number of aliphatic hydroxyl groups is 1. The van der Waals surface area contributed by atoms with Gasteiger partial charge in [0.05, 0.1) is 5.69 Å². The van der Waals surface area contributed by atoms with E-state index in [-0.39, 0.29) is 12.0 Å². The van der Waals surface area contributed by atoms with Gasteiger partial charge < -0.3 is 5.11 Å². The predicted molar refractivity (Wildman–Crippen MR) is 81.7 cm³/mol. The van der Waals surface area contributed by atoms with Crippen molar-refractivity contribution in [3.8, 4) is 10.6 Å². The monoisotopic (exact) mass is 275 g/mol. The number of aromatic nitrogens is 1. The highest BCUT2D eigenvalue weighted by Crippen LogP contribution is 2.28. The Morgan fingerprint density at radius 2 is 1.84 bits per heavy atom. The minimum Gasteiger partial charge on any atom is -0.396 e. The summed E-state index contributed by atoms with van der Waals surface area (Å²) in [5.74, 6) is 0. The smallest absolute Gasteiger partial charge is 0.123 e. The number of thiazole rings is 1. The minimum atomic E-state index is 0.188. The zero-order chi connectivity index (χ0) is 13.9. The van der Waals surface area contributed by atoms with Gasteiger partial charge in [-0.25, -0.2) is 4.98 Å². The number of rotatable bonds is 4. The van der Waals surface area contributed by atoms with Crippen LogP contribution < -0.4 is 0 Å². The molecule has 1 aromatic carbocycles. The van der Waals surface area contributed by atoms with Gasteiger partial charge in [0.15, 0.2) is 0 Å². The van der Waals surface area contributed by atoms with Crippen LogP contribution in [0.3, 0.4) is 0 Å². The van der Waals surface area contributed by atoms with Crippen molar-refractivity contribution >= 4 is 11.3 Å². The summed E-state index contributed by atoms with van der Waals surface area (Å²) in [5, 5.41) is 12.0. The summed E-state index contributed by atoms with van der Waals surface area (Å²) < 4.78 is 0. The van der Waals surface area contributed by atoms with Crippen LogP contribution in [0, 0.1) is 0 Å². The van der Waals surface area contributed by atoms with Gasteiger partial charge in [-0.1, -0.05) is 45.0 Å². The van der Waals surface area contributed by atoms with Gasteiger partial charge in [-0.05, 0) is 23.8 Å². The SMILES string of the molecule is CC(C)(C)c1ccc(-c2nc(CCCO)cs2)cc1. The third-order valence-corrected chi connectivity index (χ3v) is 4.08. The summed E-state index contributed by atoms with van der Waals surface area (Å²) in [4.78, 5) is 4.62. The van der Waals surface area contributed by atoms with Crippen LogP contribution in [0.5, 0.6) is 0 Å². The van der Waals surface area contributed by atoms with E-state index in [0.29, 0.717) is 0 Å². The van der Waals surface area contributed by atoms with Gasteiger partial charge in [-0.2, -0.15) is 0 Å². The molecule has 19 heavy (non-hydrogen) atoms. The highest BCUT2D eigenvalue weighted by molar-refractivity contribution is 7.13. The van der Waals surface area contributed by atoms with Crippen molar-refractivity contribution in [2.24, 2.45) is 0 Å². The number of hydrogen-bond donors (Lipinski definition) is 1. The molecule has 0 unspecified atom stereocenters. The Labute approximate surface area is 119 Å². The number of benzene rings is 1. The molecule has 0 fully saturated rings. The second-order valence-electron chi connectivity index (χ2n) is 5.80. The van der Waals surface area contributed by atoms with Gasteiger partial charge in [-0.15, -0.1) is 11.3 Å². The fourth-order valence-corrected chi connectivity index (χ4v) is 2.79. The van der Waals surface area contributed by atoms with Crippen LogP contribution in [-0.4, -0.2) is 16.7 Å². The molecule has 2 aromatic rings. The molecule has 0 bridgehead atoms. The normalized spacial score (nSPS) is 11.8. The highest BCUT2D eigenvalue weighted by atomic mass is 32.1. The second-order valence-corrected chi connectivity index (χ2v) is 6.66. The van der Waals surface area contributed by atoms with E-state index in [1.807, 2.05) is 0 Å². The van der Waals surface area contributed by atoms with Crippen LogP contribution in [0.2, 0.25) is 0 Å². The molecule has 0 saturated heterocycles. The van der Waals surface area contributed by atoms with Crippen LogP contribution in [0.25, 0.3) is 10.6 Å². The Morgan fingerprint density at radius 3 is 2.42 bits per heavy atom. The Kier molecular flexibility index (Phi) is 4.38. The summed E-state index contributed by atoms with van der Waals surface area (Å²) in [6.45, 7) is 6.89. The van der Waals surface area contributed by atoms with Crippen molar-refractivity contribution in [3.63, 3.8) is 0 Å². The van der Waals surface area contributed by atoms with E-state index in [1.54, 1.807) is 11.3 Å². The van der Waals surface area contributed by atoms with E-state index in [1.165, 1.54) is 11.1 Å². The maximum absolute atomic E-state index is 8.83. The first kappa shape index (κ1) is 14.2.